The molecule has 9 aliphatic rings. The summed E-state index contributed by atoms with van der Waals surface area (Å²) in [4.78, 5) is 138. The van der Waals surface area contributed by atoms with Gasteiger partial charge in [0.2, 0.25) is 5.69 Å². The first kappa shape index (κ1) is 98.7. The molecule has 28 heteroatoms. The molecule has 684 valence electrons. The molecule has 3 saturated carbocycles. The minimum atomic E-state index is -1.28. The van der Waals surface area contributed by atoms with Crippen molar-refractivity contribution in [3.8, 4) is 0 Å². The number of methoxy groups -OCH3 is 2. The number of benzene rings is 6. The Morgan fingerprint density at radius 2 is 0.597 bits per heavy atom. The average Bonchev–Trinajstić information content (AvgIpc) is 0.754. The SMILES string of the molecule is COC(=O)[C@@H](N)c1ccccc1.COC(=O)[C@@H](NC(=O)c1nc2ccccc2n(C2C[C@H]3CCC[C@@H](C2)N3C2CCCCCCC2)c1=O)c1ccccc1.Cl.O=C(N[C@H](C(=O)O)c1ccccc1)c1nc2ccccc2n(C2C[C@H]3CCC[C@@H](C2)N3C2CCCCCCC2)c1=O.O=C(O)c1nc2ccccc2n(C2C[C@H]3CCC[C@@H](C2)N3C2CCCCCCC2)c1=O.[Na+].[OH-]. The third-order valence-electron chi connectivity index (χ3n) is 28.7. The molecule has 3 aliphatic carbocycles. The van der Waals surface area contributed by atoms with E-state index in [1.165, 1.54) is 181 Å². The maximum Gasteiger partial charge on any atom is 1.00 e. The molecular formula is C101H128ClN12NaO14. The second-order valence-corrected chi connectivity index (χ2v) is 36.5. The molecule has 3 aromatic heterocycles. The summed E-state index contributed by atoms with van der Waals surface area (Å²) in [7, 11) is 2.61. The van der Waals surface area contributed by atoms with E-state index in [1.54, 1.807) is 75.9 Å². The van der Waals surface area contributed by atoms with Gasteiger partial charge in [0, 0.05) is 72.5 Å². The van der Waals surface area contributed by atoms with Gasteiger partial charge in [-0.25, -0.2) is 29.3 Å². The Morgan fingerprint density at radius 1 is 0.341 bits per heavy atom. The predicted octanol–water partition coefficient (Wildman–Crippen LogP) is 14.2. The number of carbonyl (C=O) groups is 6. The number of aromatic nitrogens is 6. The van der Waals surface area contributed by atoms with Crippen LogP contribution in [0.2, 0.25) is 0 Å². The van der Waals surface area contributed by atoms with Gasteiger partial charge in [-0.1, -0.05) is 243 Å². The molecular weight excluding hydrogens is 1660 g/mol. The van der Waals surface area contributed by atoms with Crippen molar-refractivity contribution >= 4 is 81.2 Å². The fourth-order valence-corrected chi connectivity index (χ4v) is 23.1. The summed E-state index contributed by atoms with van der Waals surface area (Å²) in [5.74, 6) is -4.90. The zero-order valence-corrected chi connectivity index (χ0v) is 77.9. The van der Waals surface area contributed by atoms with E-state index < -0.39 is 70.5 Å². The summed E-state index contributed by atoms with van der Waals surface area (Å²) < 4.78 is 14.9. The quantitative estimate of drug-likeness (QED) is 0.0417. The molecule has 0 spiro atoms. The molecule has 26 nitrogen and oxygen atoms in total. The summed E-state index contributed by atoms with van der Waals surface area (Å²) in [6.07, 6.45) is 43.9. The Hall–Kier alpha value is -9.35. The van der Waals surface area contributed by atoms with Gasteiger partial charge >= 0.3 is 53.4 Å². The number of esters is 2. The first-order chi connectivity index (χ1) is 61.4. The molecule has 6 saturated heterocycles. The molecule has 12 atom stereocenters. The number of fused-ring (bicyclic) bond motifs is 9. The van der Waals surface area contributed by atoms with Gasteiger partial charge in [-0.2, -0.15) is 0 Å². The first-order valence-electron chi connectivity index (χ1n) is 46.9. The van der Waals surface area contributed by atoms with Gasteiger partial charge in [-0.05, 0) is 169 Å². The van der Waals surface area contributed by atoms with Gasteiger partial charge in [-0.15, -0.1) is 12.4 Å². The van der Waals surface area contributed by atoms with Crippen molar-refractivity contribution in [3.05, 3.63) is 229 Å². The van der Waals surface area contributed by atoms with Gasteiger partial charge < -0.3 is 55.2 Å². The van der Waals surface area contributed by atoms with Crippen molar-refractivity contribution in [1.82, 2.24) is 54.0 Å². The van der Waals surface area contributed by atoms with E-state index in [-0.39, 0.29) is 82.6 Å². The minimum Gasteiger partial charge on any atom is -0.870 e. The average molecular weight is 1790 g/mol. The van der Waals surface area contributed by atoms with Crippen LogP contribution in [0, 0.1) is 0 Å². The van der Waals surface area contributed by atoms with Crippen LogP contribution in [-0.4, -0.2) is 163 Å². The van der Waals surface area contributed by atoms with Crippen molar-refractivity contribution in [2.75, 3.05) is 14.2 Å². The Morgan fingerprint density at radius 3 is 0.899 bits per heavy atom. The molecule has 3 unspecified atom stereocenters. The van der Waals surface area contributed by atoms with E-state index in [9.17, 15) is 53.4 Å². The first-order valence-corrected chi connectivity index (χ1v) is 46.9. The van der Waals surface area contributed by atoms with Crippen LogP contribution >= 0.6 is 12.4 Å². The maximum absolute atomic E-state index is 14.2. The number of carboxylic acids is 2. The topological polar surface area (TPSA) is 356 Å². The third kappa shape index (κ3) is 23.2. The fraction of sp³-hybridized carbons (Fsp3) is 0.525. The minimum absolute atomic E-state index is 0. The molecule has 0 radical (unpaired) electrons. The number of nitrogens with one attached hydrogen (secondary N) is 2. The number of nitrogens with two attached hydrogens (primary N) is 1. The number of nitrogens with zero attached hydrogens (tertiary/aromatic N) is 9. The van der Waals surface area contributed by atoms with Crippen LogP contribution in [0.3, 0.4) is 0 Å². The number of para-hydroxylation sites is 6. The smallest absolute Gasteiger partial charge is 0.870 e. The number of hydrogen-bond acceptors (Lipinski definition) is 19. The molecule has 6 aliphatic heterocycles. The van der Waals surface area contributed by atoms with E-state index in [1.807, 2.05) is 102 Å². The Bertz CT molecular complexity index is 5390. The Kier molecular flexibility index (Phi) is 36.1. The zero-order valence-electron chi connectivity index (χ0n) is 75.0. The summed E-state index contributed by atoms with van der Waals surface area (Å²) >= 11 is 0. The van der Waals surface area contributed by atoms with Crippen LogP contribution in [0.5, 0.6) is 0 Å². The second kappa shape index (κ2) is 47.1. The van der Waals surface area contributed by atoms with Crippen LogP contribution in [0.4, 0.5) is 0 Å². The van der Waals surface area contributed by atoms with Gasteiger partial charge in [0.1, 0.15) is 6.04 Å². The number of rotatable bonds is 17. The number of hydrogen-bond donors (Lipinski definition) is 5. The number of ether oxygens (including phenoxy) is 2. The summed E-state index contributed by atoms with van der Waals surface area (Å²) in [6.45, 7) is 0. The van der Waals surface area contributed by atoms with E-state index in [2.05, 4.69) is 45.0 Å². The van der Waals surface area contributed by atoms with Gasteiger partial charge in [0.25, 0.3) is 28.5 Å². The molecule has 9 aromatic rings. The van der Waals surface area contributed by atoms with Crippen molar-refractivity contribution in [2.45, 2.75) is 322 Å². The van der Waals surface area contributed by atoms with E-state index in [0.717, 1.165) is 86.3 Å². The van der Waals surface area contributed by atoms with Gasteiger partial charge in [-0.3, -0.25) is 43.5 Å². The van der Waals surface area contributed by atoms with Crippen LogP contribution in [0.1, 0.15) is 316 Å². The molecule has 9 fully saturated rings. The second-order valence-electron chi connectivity index (χ2n) is 36.5. The third-order valence-corrected chi connectivity index (χ3v) is 28.7. The summed E-state index contributed by atoms with van der Waals surface area (Å²) in [5, 5.41) is 24.7. The van der Waals surface area contributed by atoms with Gasteiger partial charge in [0.15, 0.2) is 23.5 Å². The molecule has 6 bridgehead atoms. The number of piperidine rings is 6. The zero-order chi connectivity index (χ0) is 87.7. The number of carbonyl (C=O) groups excluding carboxylic acids is 4. The molecule has 9 heterocycles. The van der Waals surface area contributed by atoms with Crippen molar-refractivity contribution in [3.63, 3.8) is 0 Å². The Labute approximate surface area is 783 Å². The largest absolute Gasteiger partial charge is 1.00 e. The summed E-state index contributed by atoms with van der Waals surface area (Å²) in [6, 6.07) is 50.8. The van der Waals surface area contributed by atoms with Crippen molar-refractivity contribution < 1.29 is 83.5 Å². The normalized spacial score (nSPS) is 23.7. The van der Waals surface area contributed by atoms with Gasteiger partial charge in [0.05, 0.1) is 47.3 Å². The standard InChI is InChI=1S/C34H42N4O4.C33H40N4O4.C25H33N3O3.C9H11NO2.ClH.Na.H2O/c1-42-34(41)30(23-13-6-5-7-14-23)36-32(39)31-33(40)38(29-20-11-10-19-28(29)35-31)27-21-25-17-12-18-26(22-27)37(25)24-15-8-3-2-4-9-16-24;38-31(35-29(33(40)41)22-12-5-4-6-13-22)30-32(39)37(28-19-10-9-18-27(28)34-30)26-20-24-16-11-17-25(21-26)36(24)23-14-7-2-1-3-8-15-23;29-24-23(25(30)31)26-21-13-6-7-14-22(21)28(24)20-15-18-11-8-12-19(16-20)27(18)17-9-4-2-1-3-5-10-17;1-12-9(11)8(10)7-5-3-2-4-6-7;;;/h5-7,10-11,13-14,19-20,24-27,30H,2-4,8-9,12,15-18,21-22H2,1H3,(H,36,39);4-6,9-10,12-13,18-19,23-26,29H,1-3,7-8,11,14-17,20-21H2,(H,35,38)(H,40,41);6-7,13-14,17-20H,1-5,8-12,15-16H2,(H,30,31);2-6,8H,10H2,1H3;1H;;1H2/q;;;;;+1;/p-1/t25-,26+,27?,30-;24-,25+,26?,29-;18-,19+,20?;8-;;;/m00.0.../s1. The van der Waals surface area contributed by atoms with Crippen molar-refractivity contribution in [2.24, 2.45) is 5.73 Å². The van der Waals surface area contributed by atoms with Crippen LogP contribution in [-0.2, 0) is 23.9 Å². The number of aliphatic carboxylic acids is 1. The Balaban J connectivity index is 0.000000164. The number of carboxylic acid groups (broad SMARTS) is 2. The van der Waals surface area contributed by atoms with Crippen LogP contribution < -0.4 is 62.6 Å². The van der Waals surface area contributed by atoms with Crippen LogP contribution in [0.25, 0.3) is 33.1 Å². The monoisotopic (exact) mass is 1790 g/mol. The predicted molar refractivity (Wildman–Crippen MR) is 495 cm³/mol. The number of aromatic carboxylic acids is 1. The summed E-state index contributed by atoms with van der Waals surface area (Å²) in [5.41, 5.74) is 9.28. The van der Waals surface area contributed by atoms with E-state index in [4.69, 9.17) is 10.5 Å². The fourth-order valence-electron chi connectivity index (χ4n) is 23.1. The maximum atomic E-state index is 14.2. The molecule has 129 heavy (non-hydrogen) atoms. The molecule has 6 aromatic carbocycles. The van der Waals surface area contributed by atoms with E-state index in [0.29, 0.717) is 82.1 Å². The number of halogens is 1. The molecule has 18 rings (SSSR count). The molecule has 7 N–H and O–H groups in total. The van der Waals surface area contributed by atoms with E-state index >= 15 is 0 Å². The van der Waals surface area contributed by atoms with Crippen molar-refractivity contribution in [1.29, 1.82) is 0 Å². The molecule has 2 amide bonds. The number of amides is 2. The van der Waals surface area contributed by atoms with Crippen LogP contribution in [0.15, 0.2) is 178 Å².